The number of rotatable bonds is 3. The number of hydrogen-bond donors (Lipinski definition) is 1. The van der Waals surface area contributed by atoms with E-state index in [1.54, 1.807) is 0 Å². The highest BCUT2D eigenvalue weighted by atomic mass is 16.5. The van der Waals surface area contributed by atoms with Crippen LogP contribution in [0.25, 0.3) is 0 Å². The van der Waals surface area contributed by atoms with Gasteiger partial charge in [0.15, 0.2) is 0 Å². The average Bonchev–Trinajstić information content (AvgIpc) is 2.10. The molecule has 0 spiro atoms. The fourth-order valence-electron chi connectivity index (χ4n) is 2.38. The van der Waals surface area contributed by atoms with Crippen LogP contribution in [0.4, 0.5) is 0 Å². The van der Waals surface area contributed by atoms with Gasteiger partial charge < -0.3 is 5.21 Å². The van der Waals surface area contributed by atoms with Crippen molar-refractivity contribution in [1.82, 2.24) is 4.73 Å². The van der Waals surface area contributed by atoms with Crippen molar-refractivity contribution in [2.24, 2.45) is 11.3 Å². The number of hydrogen-bond acceptors (Lipinski definition) is 2. The maximum atomic E-state index is 11.4. The largest absolute Gasteiger partial charge is 0.425 e. The van der Waals surface area contributed by atoms with Crippen LogP contribution >= 0.6 is 0 Å². The second kappa shape index (κ2) is 6.07. The zero-order valence-electron chi connectivity index (χ0n) is 11.4. The maximum absolute atomic E-state index is 11.4. The molecule has 3 nitrogen and oxygen atoms in total. The van der Waals surface area contributed by atoms with Crippen LogP contribution in [-0.4, -0.2) is 9.94 Å². The van der Waals surface area contributed by atoms with Gasteiger partial charge in [-0.3, -0.25) is 4.79 Å². The van der Waals surface area contributed by atoms with Crippen molar-refractivity contribution in [1.29, 1.82) is 0 Å². The predicted molar refractivity (Wildman–Crippen MR) is 76.3 cm³/mol. The van der Waals surface area contributed by atoms with E-state index in [0.29, 0.717) is 11.6 Å². The highest BCUT2D eigenvalue weighted by Gasteiger charge is 2.17. The molecule has 1 aromatic heterocycles. The van der Waals surface area contributed by atoms with E-state index < -0.39 is 0 Å². The summed E-state index contributed by atoms with van der Waals surface area (Å²) >= 11 is 0. The molecule has 0 saturated carbocycles. The Balaban J connectivity index is 0.00000289. The molecule has 0 fully saturated rings. The number of aryl methyl sites for hydroxylation is 1. The van der Waals surface area contributed by atoms with Crippen molar-refractivity contribution in [2.45, 2.75) is 54.9 Å². The highest BCUT2D eigenvalue weighted by molar-refractivity contribution is 5.15. The molecular formula is C15H27NO2. The summed E-state index contributed by atoms with van der Waals surface area (Å²) in [5.74, 6) is 0.439. The second-order valence-electron chi connectivity index (χ2n) is 6.25. The maximum Gasteiger partial charge on any atom is 0.283 e. The van der Waals surface area contributed by atoms with E-state index in [1.807, 2.05) is 13.0 Å². The number of nitrogens with zero attached hydrogens (tertiary/aromatic N) is 1. The smallest absolute Gasteiger partial charge is 0.283 e. The van der Waals surface area contributed by atoms with Gasteiger partial charge in [0.1, 0.15) is 0 Å². The van der Waals surface area contributed by atoms with Gasteiger partial charge in [-0.25, -0.2) is 0 Å². The molecular weight excluding hydrogens is 226 g/mol. The summed E-state index contributed by atoms with van der Waals surface area (Å²) in [6.07, 6.45) is 1.79. The molecule has 1 aromatic rings. The van der Waals surface area contributed by atoms with Crippen LogP contribution < -0.4 is 5.56 Å². The van der Waals surface area contributed by atoms with Crippen molar-refractivity contribution >= 4 is 0 Å². The molecule has 0 bridgehead atoms. The molecule has 1 N–H and O–H groups in total. The lowest BCUT2D eigenvalue weighted by Crippen LogP contribution is -2.23. The van der Waals surface area contributed by atoms with Crippen LogP contribution in [0, 0.1) is 18.3 Å². The Morgan fingerprint density at radius 2 is 1.89 bits per heavy atom. The number of aromatic nitrogens is 1. The van der Waals surface area contributed by atoms with Crippen molar-refractivity contribution in [3.05, 3.63) is 33.7 Å². The molecule has 0 amide bonds. The van der Waals surface area contributed by atoms with Gasteiger partial charge in [0, 0.05) is 6.07 Å². The standard InChI is InChI=1S/C14H23NO2.CH4/c1-10-6-12(15(17)13(16)8-10)7-11(2)9-14(3,4)5;/h6,8,11,17H,7,9H2,1-5H3;1H4. The Bertz CT molecular complexity index is 441. The van der Waals surface area contributed by atoms with Gasteiger partial charge in [0.2, 0.25) is 0 Å². The van der Waals surface area contributed by atoms with E-state index >= 15 is 0 Å². The fraction of sp³-hybridized carbons (Fsp3) is 0.667. The zero-order valence-corrected chi connectivity index (χ0v) is 11.4. The molecule has 0 aliphatic heterocycles. The van der Waals surface area contributed by atoms with Crippen LogP contribution in [-0.2, 0) is 6.42 Å². The van der Waals surface area contributed by atoms with Crippen LogP contribution in [0.5, 0.6) is 0 Å². The van der Waals surface area contributed by atoms with Gasteiger partial charge in [-0.1, -0.05) is 35.1 Å². The summed E-state index contributed by atoms with van der Waals surface area (Å²) in [5, 5.41) is 9.67. The molecule has 1 atom stereocenters. The lowest BCUT2D eigenvalue weighted by atomic mass is 9.83. The molecule has 1 rings (SSSR count). The lowest BCUT2D eigenvalue weighted by molar-refractivity contribution is 0.160. The molecule has 1 heterocycles. The lowest BCUT2D eigenvalue weighted by Gasteiger charge is -2.23. The Hall–Kier alpha value is -1.25. The normalized spacial score (nSPS) is 12.9. The Morgan fingerprint density at radius 3 is 2.39 bits per heavy atom. The molecule has 18 heavy (non-hydrogen) atoms. The van der Waals surface area contributed by atoms with Crippen LogP contribution in [0.1, 0.15) is 52.8 Å². The third-order valence-electron chi connectivity index (χ3n) is 2.74. The highest BCUT2D eigenvalue weighted by Crippen LogP contribution is 2.26. The van der Waals surface area contributed by atoms with Crippen molar-refractivity contribution < 1.29 is 5.21 Å². The van der Waals surface area contributed by atoms with E-state index in [0.717, 1.165) is 23.1 Å². The third kappa shape index (κ3) is 4.94. The fourth-order valence-corrected chi connectivity index (χ4v) is 2.38. The number of pyridine rings is 1. The molecule has 104 valence electrons. The van der Waals surface area contributed by atoms with Gasteiger partial charge in [-0.05, 0) is 42.7 Å². The average molecular weight is 253 g/mol. The van der Waals surface area contributed by atoms with Crippen molar-refractivity contribution in [2.75, 3.05) is 0 Å². The van der Waals surface area contributed by atoms with Crippen LogP contribution in [0.2, 0.25) is 0 Å². The first-order valence-electron chi connectivity index (χ1n) is 6.11. The quantitative estimate of drug-likeness (QED) is 0.836. The van der Waals surface area contributed by atoms with Crippen molar-refractivity contribution in [3.8, 4) is 0 Å². The van der Waals surface area contributed by atoms with Crippen LogP contribution in [0.3, 0.4) is 0 Å². The summed E-state index contributed by atoms with van der Waals surface area (Å²) in [6.45, 7) is 10.6. The topological polar surface area (TPSA) is 42.2 Å². The first-order valence-corrected chi connectivity index (χ1v) is 6.11. The van der Waals surface area contributed by atoms with E-state index in [4.69, 9.17) is 0 Å². The summed E-state index contributed by atoms with van der Waals surface area (Å²) in [5.41, 5.74) is 1.53. The minimum atomic E-state index is -0.344. The minimum Gasteiger partial charge on any atom is -0.425 e. The van der Waals surface area contributed by atoms with Gasteiger partial charge in [-0.2, -0.15) is 4.73 Å². The molecule has 0 saturated heterocycles. The Morgan fingerprint density at radius 1 is 1.33 bits per heavy atom. The van der Waals surface area contributed by atoms with Gasteiger partial charge in [-0.15, -0.1) is 0 Å². The monoisotopic (exact) mass is 253 g/mol. The summed E-state index contributed by atoms with van der Waals surface area (Å²) < 4.78 is 0.770. The van der Waals surface area contributed by atoms with Gasteiger partial charge in [0.25, 0.3) is 5.56 Å². The molecule has 0 aliphatic rings. The third-order valence-corrected chi connectivity index (χ3v) is 2.74. The molecule has 3 heteroatoms. The zero-order chi connectivity index (χ0) is 13.2. The van der Waals surface area contributed by atoms with Crippen LogP contribution in [0.15, 0.2) is 16.9 Å². The molecule has 0 aliphatic carbocycles. The molecule has 0 radical (unpaired) electrons. The first-order chi connectivity index (χ1) is 7.69. The second-order valence-corrected chi connectivity index (χ2v) is 6.25. The molecule has 0 aromatic carbocycles. The van der Waals surface area contributed by atoms with Gasteiger partial charge >= 0.3 is 0 Å². The van der Waals surface area contributed by atoms with Crippen molar-refractivity contribution in [3.63, 3.8) is 0 Å². The van der Waals surface area contributed by atoms with E-state index in [2.05, 4.69) is 27.7 Å². The minimum absolute atomic E-state index is 0. The predicted octanol–water partition coefficient (Wildman–Crippen LogP) is 3.64. The van der Waals surface area contributed by atoms with E-state index in [-0.39, 0.29) is 18.4 Å². The van der Waals surface area contributed by atoms with E-state index in [1.165, 1.54) is 6.07 Å². The summed E-state index contributed by atoms with van der Waals surface area (Å²) in [7, 11) is 0. The Labute approximate surface area is 110 Å². The van der Waals surface area contributed by atoms with Gasteiger partial charge in [0.05, 0.1) is 5.69 Å². The first kappa shape index (κ1) is 16.8. The summed E-state index contributed by atoms with van der Waals surface area (Å²) in [6, 6.07) is 3.32. The Kier molecular flexibility index (Phi) is 5.65. The SMILES string of the molecule is C.Cc1cc(CC(C)CC(C)(C)C)n(O)c(=O)c1. The molecule has 1 unspecified atom stereocenters. The van der Waals surface area contributed by atoms with E-state index in [9.17, 15) is 10.0 Å². The summed E-state index contributed by atoms with van der Waals surface area (Å²) in [4.78, 5) is 11.4.